The summed E-state index contributed by atoms with van der Waals surface area (Å²) in [7, 11) is 0. The van der Waals surface area contributed by atoms with Gasteiger partial charge >= 0.3 is 0 Å². The normalized spacial score (nSPS) is 41.1. The molecule has 0 aromatic heterocycles. The average molecular weight is 253 g/mol. The fraction of sp³-hybridized carbons (Fsp3) is 0.929. The minimum absolute atomic E-state index is 0.138. The molecule has 3 saturated heterocycles. The molecule has 0 saturated carbocycles. The Kier molecular flexibility index (Phi) is 3.68. The van der Waals surface area contributed by atoms with Crippen molar-refractivity contribution in [1.82, 2.24) is 5.32 Å². The van der Waals surface area contributed by atoms with Crippen LogP contribution >= 0.6 is 0 Å². The van der Waals surface area contributed by atoms with Crippen molar-refractivity contribution in [3.05, 3.63) is 0 Å². The fourth-order valence-electron chi connectivity index (χ4n) is 3.56. The minimum Gasteiger partial charge on any atom is -0.378 e. The number of carbonyl (C=O) groups excluding carboxylic acids is 1. The lowest BCUT2D eigenvalue weighted by Crippen LogP contribution is -2.45. The maximum Gasteiger partial charge on any atom is 0.140 e. The molecule has 3 atom stereocenters. The van der Waals surface area contributed by atoms with E-state index < -0.39 is 0 Å². The summed E-state index contributed by atoms with van der Waals surface area (Å²) < 4.78 is 11.4. The number of piperidine rings is 1. The summed E-state index contributed by atoms with van der Waals surface area (Å²) in [6.07, 6.45) is 4.93. The molecule has 4 nitrogen and oxygen atoms in total. The van der Waals surface area contributed by atoms with Crippen LogP contribution in [0, 0.1) is 11.8 Å². The molecule has 0 aromatic rings. The molecule has 0 radical (unpaired) electrons. The number of Topliss-reactive ketones (excluding diaryl/α,β-unsaturated/α-hetero) is 1. The van der Waals surface area contributed by atoms with Gasteiger partial charge in [-0.3, -0.25) is 4.79 Å². The van der Waals surface area contributed by atoms with Crippen LogP contribution in [0.3, 0.4) is 0 Å². The summed E-state index contributed by atoms with van der Waals surface area (Å²) in [6, 6.07) is 0. The average Bonchev–Trinajstić information content (AvgIpc) is 2.87. The summed E-state index contributed by atoms with van der Waals surface area (Å²) in [4.78, 5) is 12.6. The third-order valence-electron chi connectivity index (χ3n) is 4.66. The van der Waals surface area contributed by atoms with E-state index in [2.05, 4.69) is 5.32 Å². The molecule has 3 aliphatic heterocycles. The van der Waals surface area contributed by atoms with Crippen molar-refractivity contribution in [1.29, 1.82) is 0 Å². The Labute approximate surface area is 108 Å². The van der Waals surface area contributed by atoms with Gasteiger partial charge in [-0.25, -0.2) is 0 Å². The van der Waals surface area contributed by atoms with Crippen molar-refractivity contribution in [3.63, 3.8) is 0 Å². The van der Waals surface area contributed by atoms with Gasteiger partial charge in [-0.05, 0) is 32.2 Å². The van der Waals surface area contributed by atoms with Crippen LogP contribution in [-0.2, 0) is 14.3 Å². The number of hydrogen-bond acceptors (Lipinski definition) is 4. The fourth-order valence-corrected chi connectivity index (χ4v) is 3.56. The molecule has 1 N–H and O–H groups in total. The molecule has 3 fully saturated rings. The van der Waals surface area contributed by atoms with Crippen LogP contribution in [-0.4, -0.2) is 44.3 Å². The van der Waals surface area contributed by atoms with E-state index in [-0.39, 0.29) is 17.4 Å². The second-order valence-corrected chi connectivity index (χ2v) is 5.97. The Bertz CT molecular complexity index is 306. The number of hydrogen-bond donors (Lipinski definition) is 1. The van der Waals surface area contributed by atoms with Gasteiger partial charge < -0.3 is 14.8 Å². The predicted molar refractivity (Wildman–Crippen MR) is 67.4 cm³/mol. The Morgan fingerprint density at radius 1 is 1.22 bits per heavy atom. The van der Waals surface area contributed by atoms with E-state index in [0.29, 0.717) is 12.4 Å². The molecule has 4 heteroatoms. The van der Waals surface area contributed by atoms with Crippen molar-refractivity contribution < 1.29 is 14.3 Å². The highest BCUT2D eigenvalue weighted by atomic mass is 16.6. The van der Waals surface area contributed by atoms with E-state index >= 15 is 0 Å². The summed E-state index contributed by atoms with van der Waals surface area (Å²) in [5.41, 5.74) is -0.138. The maximum absolute atomic E-state index is 12.6. The molecule has 102 valence electrons. The highest BCUT2D eigenvalue weighted by Crippen LogP contribution is 2.37. The van der Waals surface area contributed by atoms with Gasteiger partial charge in [0.05, 0.1) is 12.2 Å². The lowest BCUT2D eigenvalue weighted by Gasteiger charge is -2.38. The molecule has 3 unspecified atom stereocenters. The summed E-state index contributed by atoms with van der Waals surface area (Å²) in [5, 5.41) is 3.34. The van der Waals surface area contributed by atoms with Crippen molar-refractivity contribution in [2.24, 2.45) is 11.8 Å². The van der Waals surface area contributed by atoms with Crippen LogP contribution in [0.1, 0.15) is 32.1 Å². The van der Waals surface area contributed by atoms with Crippen LogP contribution in [0.4, 0.5) is 0 Å². The maximum atomic E-state index is 12.6. The predicted octanol–water partition coefficient (Wildman–Crippen LogP) is 1.14. The number of carbonyl (C=O) groups is 1. The first-order chi connectivity index (χ1) is 8.79. The van der Waals surface area contributed by atoms with Gasteiger partial charge in [0.1, 0.15) is 5.78 Å². The van der Waals surface area contributed by atoms with Crippen LogP contribution in [0.5, 0.6) is 0 Å². The van der Waals surface area contributed by atoms with E-state index in [4.69, 9.17) is 9.47 Å². The smallest absolute Gasteiger partial charge is 0.140 e. The molecule has 3 rings (SSSR count). The molecular weight excluding hydrogens is 230 g/mol. The topological polar surface area (TPSA) is 47.6 Å². The Hall–Kier alpha value is -0.450. The first kappa shape index (κ1) is 12.6. The van der Waals surface area contributed by atoms with Crippen molar-refractivity contribution in [2.75, 3.05) is 32.9 Å². The quantitative estimate of drug-likeness (QED) is 0.801. The van der Waals surface area contributed by atoms with E-state index in [0.717, 1.165) is 58.4 Å². The zero-order valence-corrected chi connectivity index (χ0v) is 11.0. The van der Waals surface area contributed by atoms with Crippen LogP contribution in [0.2, 0.25) is 0 Å². The van der Waals surface area contributed by atoms with E-state index in [1.165, 1.54) is 0 Å². The number of ketones is 1. The molecule has 0 amide bonds. The Balaban J connectivity index is 1.62. The molecule has 3 aliphatic rings. The minimum atomic E-state index is -0.138. The highest BCUT2D eigenvalue weighted by molar-refractivity contribution is 5.84. The highest BCUT2D eigenvalue weighted by Gasteiger charge is 2.43. The zero-order valence-electron chi connectivity index (χ0n) is 11.0. The zero-order chi connectivity index (χ0) is 12.4. The summed E-state index contributed by atoms with van der Waals surface area (Å²) >= 11 is 0. The van der Waals surface area contributed by atoms with E-state index in [9.17, 15) is 4.79 Å². The van der Waals surface area contributed by atoms with E-state index in [1.807, 2.05) is 0 Å². The van der Waals surface area contributed by atoms with Gasteiger partial charge in [0.2, 0.25) is 0 Å². The molecular formula is C14H23NO3. The largest absolute Gasteiger partial charge is 0.378 e. The molecule has 0 aliphatic carbocycles. The molecule has 18 heavy (non-hydrogen) atoms. The first-order valence-corrected chi connectivity index (χ1v) is 7.25. The van der Waals surface area contributed by atoms with Crippen LogP contribution in [0.15, 0.2) is 0 Å². The monoisotopic (exact) mass is 253 g/mol. The second-order valence-electron chi connectivity index (χ2n) is 5.97. The number of nitrogens with one attached hydrogen (secondary N) is 1. The van der Waals surface area contributed by atoms with Gasteiger partial charge in [-0.1, -0.05) is 0 Å². The lowest BCUT2D eigenvalue weighted by molar-refractivity contribution is -0.141. The third-order valence-corrected chi connectivity index (χ3v) is 4.66. The van der Waals surface area contributed by atoms with Crippen LogP contribution in [0.25, 0.3) is 0 Å². The third kappa shape index (κ3) is 2.46. The van der Waals surface area contributed by atoms with Gasteiger partial charge in [0.15, 0.2) is 0 Å². The van der Waals surface area contributed by atoms with Crippen molar-refractivity contribution in [2.45, 2.75) is 37.7 Å². The summed E-state index contributed by atoms with van der Waals surface area (Å²) in [5.74, 6) is 0.906. The van der Waals surface area contributed by atoms with Crippen LogP contribution < -0.4 is 5.32 Å². The Morgan fingerprint density at radius 2 is 2.17 bits per heavy atom. The van der Waals surface area contributed by atoms with Gasteiger partial charge in [0, 0.05) is 38.0 Å². The molecule has 0 aromatic carbocycles. The second kappa shape index (κ2) is 5.27. The Morgan fingerprint density at radius 3 is 2.89 bits per heavy atom. The number of ether oxygens (including phenoxy) is 2. The van der Waals surface area contributed by atoms with E-state index in [1.54, 1.807) is 0 Å². The standard InChI is InChI=1S/C14H23NO3/c16-13(12-2-1-5-15-9-12)11-3-6-18-14(8-11)4-7-17-10-14/h11-12,15H,1-10H2. The van der Waals surface area contributed by atoms with Crippen molar-refractivity contribution in [3.8, 4) is 0 Å². The molecule has 3 heterocycles. The lowest BCUT2D eigenvalue weighted by atomic mass is 9.78. The molecule has 0 bridgehead atoms. The van der Waals surface area contributed by atoms with Gasteiger partial charge in [-0.15, -0.1) is 0 Å². The summed E-state index contributed by atoms with van der Waals surface area (Å²) in [6.45, 7) is 4.13. The number of rotatable bonds is 2. The van der Waals surface area contributed by atoms with Crippen molar-refractivity contribution >= 4 is 5.78 Å². The SMILES string of the molecule is O=C(C1CCCNC1)C1CCOC2(CCOC2)C1. The first-order valence-electron chi connectivity index (χ1n) is 7.25. The van der Waals surface area contributed by atoms with Gasteiger partial charge in [-0.2, -0.15) is 0 Å². The molecule has 1 spiro atoms. The van der Waals surface area contributed by atoms with Gasteiger partial charge in [0.25, 0.3) is 0 Å².